The average molecular weight is 267 g/mol. The minimum Gasteiger partial charge on any atom is -0.387 e. The maximum Gasteiger partial charge on any atom is 0.356 e. The fourth-order valence-corrected chi connectivity index (χ4v) is 1.54. The van der Waals surface area contributed by atoms with Gasteiger partial charge in [0.2, 0.25) is 0 Å². The van der Waals surface area contributed by atoms with E-state index in [9.17, 15) is 9.59 Å². The van der Waals surface area contributed by atoms with Gasteiger partial charge in [0.25, 0.3) is 0 Å². The van der Waals surface area contributed by atoms with Gasteiger partial charge in [0.1, 0.15) is 18.2 Å². The van der Waals surface area contributed by atoms with Crippen LogP contribution < -0.4 is 0 Å². The SMILES string of the molecule is CCCCCCCCC=C(C#N)C(=O)OC(=O)CO. The zero-order valence-electron chi connectivity index (χ0n) is 11.4. The van der Waals surface area contributed by atoms with Gasteiger partial charge in [0.15, 0.2) is 0 Å². The molecular formula is C14H21NO4. The molecule has 1 N–H and O–H groups in total. The van der Waals surface area contributed by atoms with E-state index in [4.69, 9.17) is 10.4 Å². The zero-order valence-corrected chi connectivity index (χ0v) is 11.4. The van der Waals surface area contributed by atoms with Gasteiger partial charge in [-0.25, -0.2) is 9.59 Å². The lowest BCUT2D eigenvalue weighted by molar-refractivity contribution is -0.158. The Balaban J connectivity index is 3.96. The number of nitrogens with zero attached hydrogens (tertiary/aromatic N) is 1. The molecule has 0 aliphatic rings. The Morgan fingerprint density at radius 2 is 1.84 bits per heavy atom. The lowest BCUT2D eigenvalue weighted by atomic mass is 10.1. The lowest BCUT2D eigenvalue weighted by Gasteiger charge is -2.00. The number of carbonyl (C=O) groups is 2. The van der Waals surface area contributed by atoms with Crippen LogP contribution in [0.2, 0.25) is 0 Å². The first-order valence-corrected chi connectivity index (χ1v) is 6.61. The molecule has 0 unspecified atom stereocenters. The standard InChI is InChI=1S/C14H21NO4/c1-2-3-4-5-6-7-8-9-12(10-15)14(18)19-13(17)11-16/h9,16H,2-8,11H2,1H3. The van der Waals surface area contributed by atoms with E-state index in [1.54, 1.807) is 6.07 Å². The monoisotopic (exact) mass is 267 g/mol. The first-order valence-electron chi connectivity index (χ1n) is 6.61. The molecule has 0 atom stereocenters. The summed E-state index contributed by atoms with van der Waals surface area (Å²) in [6, 6.07) is 1.70. The molecular weight excluding hydrogens is 246 g/mol. The second kappa shape index (κ2) is 11.4. The third-order valence-electron chi connectivity index (χ3n) is 2.58. The highest BCUT2D eigenvalue weighted by atomic mass is 16.6. The first-order chi connectivity index (χ1) is 9.15. The Hall–Kier alpha value is -1.67. The van der Waals surface area contributed by atoms with Crippen LogP contribution in [0.15, 0.2) is 11.6 Å². The highest BCUT2D eigenvalue weighted by Crippen LogP contribution is 2.09. The van der Waals surface area contributed by atoms with Gasteiger partial charge in [-0.3, -0.25) is 0 Å². The van der Waals surface area contributed by atoms with Gasteiger partial charge in [0.05, 0.1) is 0 Å². The van der Waals surface area contributed by atoms with Gasteiger partial charge >= 0.3 is 11.9 Å². The number of unbranched alkanes of at least 4 members (excludes halogenated alkanes) is 6. The van der Waals surface area contributed by atoms with Gasteiger partial charge < -0.3 is 9.84 Å². The Kier molecular flexibility index (Phi) is 10.4. The van der Waals surface area contributed by atoms with E-state index in [0.29, 0.717) is 6.42 Å². The van der Waals surface area contributed by atoms with Crippen molar-refractivity contribution in [3.05, 3.63) is 11.6 Å². The second-order valence-corrected chi connectivity index (χ2v) is 4.21. The number of aliphatic hydroxyl groups excluding tert-OH is 1. The van der Waals surface area contributed by atoms with Crippen LogP contribution in [0.4, 0.5) is 0 Å². The molecule has 0 aliphatic heterocycles. The van der Waals surface area contributed by atoms with E-state index in [0.717, 1.165) is 19.3 Å². The third kappa shape index (κ3) is 8.97. The van der Waals surface area contributed by atoms with E-state index in [2.05, 4.69) is 11.7 Å². The average Bonchev–Trinajstić information content (AvgIpc) is 2.41. The van der Waals surface area contributed by atoms with Crippen molar-refractivity contribution >= 4 is 11.9 Å². The van der Waals surface area contributed by atoms with Crippen LogP contribution in [0, 0.1) is 11.3 Å². The summed E-state index contributed by atoms with van der Waals surface area (Å²) in [5.74, 6) is -2.04. The number of hydrogen-bond donors (Lipinski definition) is 1. The minimum absolute atomic E-state index is 0.185. The summed E-state index contributed by atoms with van der Waals surface area (Å²) in [4.78, 5) is 22.0. The summed E-state index contributed by atoms with van der Waals surface area (Å²) in [5.41, 5.74) is -0.185. The first kappa shape index (κ1) is 17.3. The van der Waals surface area contributed by atoms with E-state index in [1.807, 2.05) is 0 Å². The van der Waals surface area contributed by atoms with Crippen molar-refractivity contribution in [1.82, 2.24) is 0 Å². The van der Waals surface area contributed by atoms with Gasteiger partial charge in [-0.1, -0.05) is 45.1 Å². The molecule has 19 heavy (non-hydrogen) atoms. The molecule has 0 aromatic carbocycles. The van der Waals surface area contributed by atoms with Crippen molar-refractivity contribution in [2.75, 3.05) is 6.61 Å². The molecule has 0 saturated carbocycles. The van der Waals surface area contributed by atoms with E-state index in [-0.39, 0.29) is 5.57 Å². The fraction of sp³-hybridized carbons (Fsp3) is 0.643. The number of rotatable bonds is 9. The molecule has 0 saturated heterocycles. The molecule has 0 radical (unpaired) electrons. The minimum atomic E-state index is -1.05. The summed E-state index contributed by atoms with van der Waals surface area (Å²) in [6.07, 6.45) is 8.83. The molecule has 0 amide bonds. The maximum absolute atomic E-state index is 11.3. The summed E-state index contributed by atoms with van der Waals surface area (Å²) < 4.78 is 4.24. The quantitative estimate of drug-likeness (QED) is 0.227. The van der Waals surface area contributed by atoms with E-state index < -0.39 is 18.5 Å². The van der Waals surface area contributed by atoms with Gasteiger partial charge in [-0.05, 0) is 12.8 Å². The number of ether oxygens (including phenoxy) is 1. The summed E-state index contributed by atoms with van der Waals surface area (Å²) in [6.45, 7) is 1.28. The van der Waals surface area contributed by atoms with Crippen LogP contribution in [-0.2, 0) is 14.3 Å². The van der Waals surface area contributed by atoms with Crippen LogP contribution in [-0.4, -0.2) is 23.7 Å². The van der Waals surface area contributed by atoms with Crippen molar-refractivity contribution in [1.29, 1.82) is 5.26 Å². The molecule has 0 heterocycles. The Morgan fingerprint density at radius 3 is 2.42 bits per heavy atom. The highest BCUT2D eigenvalue weighted by Gasteiger charge is 2.14. The molecule has 0 rings (SSSR count). The largest absolute Gasteiger partial charge is 0.387 e. The molecule has 106 valence electrons. The van der Waals surface area contributed by atoms with Crippen molar-refractivity contribution in [3.63, 3.8) is 0 Å². The second-order valence-electron chi connectivity index (χ2n) is 4.21. The fourth-order valence-electron chi connectivity index (χ4n) is 1.54. The summed E-state index contributed by atoms with van der Waals surface area (Å²) in [5, 5.41) is 17.2. The molecule has 0 spiro atoms. The molecule has 0 aromatic heterocycles. The van der Waals surface area contributed by atoms with E-state index >= 15 is 0 Å². The van der Waals surface area contributed by atoms with Gasteiger partial charge in [-0.2, -0.15) is 5.26 Å². The lowest BCUT2D eigenvalue weighted by Crippen LogP contribution is -2.16. The van der Waals surface area contributed by atoms with Crippen molar-refractivity contribution < 1.29 is 19.4 Å². The zero-order chi connectivity index (χ0) is 14.5. The van der Waals surface area contributed by atoms with Crippen LogP contribution in [0.1, 0.15) is 51.9 Å². The summed E-state index contributed by atoms with van der Waals surface area (Å²) >= 11 is 0. The molecule has 5 nitrogen and oxygen atoms in total. The Bertz CT molecular complexity index is 355. The number of esters is 2. The topological polar surface area (TPSA) is 87.4 Å². The van der Waals surface area contributed by atoms with Crippen LogP contribution in [0.25, 0.3) is 0 Å². The molecule has 0 aromatic rings. The number of hydrogen-bond acceptors (Lipinski definition) is 5. The van der Waals surface area contributed by atoms with Crippen LogP contribution in [0.3, 0.4) is 0 Å². The maximum atomic E-state index is 11.3. The van der Waals surface area contributed by atoms with Gasteiger partial charge in [-0.15, -0.1) is 0 Å². The van der Waals surface area contributed by atoms with Gasteiger partial charge in [0, 0.05) is 0 Å². The number of carbonyl (C=O) groups excluding carboxylic acids is 2. The Morgan fingerprint density at radius 1 is 1.21 bits per heavy atom. The smallest absolute Gasteiger partial charge is 0.356 e. The molecule has 5 heteroatoms. The molecule has 0 aliphatic carbocycles. The normalized spacial score (nSPS) is 10.9. The number of nitriles is 1. The van der Waals surface area contributed by atoms with Crippen LogP contribution >= 0.6 is 0 Å². The molecule has 0 fully saturated rings. The Labute approximate surface area is 113 Å². The highest BCUT2D eigenvalue weighted by molar-refractivity contribution is 5.99. The van der Waals surface area contributed by atoms with E-state index in [1.165, 1.54) is 25.3 Å². The number of allylic oxidation sites excluding steroid dienone is 1. The molecule has 0 bridgehead atoms. The van der Waals surface area contributed by atoms with Crippen molar-refractivity contribution in [2.24, 2.45) is 0 Å². The van der Waals surface area contributed by atoms with Crippen molar-refractivity contribution in [2.45, 2.75) is 51.9 Å². The number of aliphatic hydroxyl groups is 1. The summed E-state index contributed by atoms with van der Waals surface area (Å²) in [7, 11) is 0. The van der Waals surface area contributed by atoms with Crippen molar-refractivity contribution in [3.8, 4) is 6.07 Å². The van der Waals surface area contributed by atoms with Crippen LogP contribution in [0.5, 0.6) is 0 Å². The predicted octanol–water partition coefficient (Wildman–Crippen LogP) is 2.25. The third-order valence-corrected chi connectivity index (χ3v) is 2.58. The predicted molar refractivity (Wildman–Crippen MR) is 69.9 cm³/mol.